The molecule has 30 heavy (non-hydrogen) atoms. The van der Waals surface area contributed by atoms with Crippen molar-refractivity contribution in [3.63, 3.8) is 0 Å². The number of fused-ring (bicyclic) bond motifs is 1. The number of amides is 1. The lowest BCUT2D eigenvalue weighted by Crippen LogP contribution is -2.34. The van der Waals surface area contributed by atoms with Crippen LogP contribution in [0.25, 0.3) is 22.6 Å². The van der Waals surface area contributed by atoms with E-state index in [-0.39, 0.29) is 11.0 Å². The second-order valence-corrected chi connectivity index (χ2v) is 8.32. The van der Waals surface area contributed by atoms with Crippen LogP contribution in [0.5, 0.6) is 0 Å². The Bertz CT molecular complexity index is 1260. The van der Waals surface area contributed by atoms with Crippen LogP contribution in [-0.4, -0.2) is 16.0 Å². The van der Waals surface area contributed by atoms with Crippen molar-refractivity contribution in [3.8, 4) is 11.5 Å². The van der Waals surface area contributed by atoms with Crippen LogP contribution >= 0.6 is 28.1 Å². The van der Waals surface area contributed by atoms with E-state index < -0.39 is 0 Å². The number of hydrogen-bond acceptors (Lipinski definition) is 4. The number of oxazole rings is 1. The van der Waals surface area contributed by atoms with E-state index in [1.54, 1.807) is 18.2 Å². The van der Waals surface area contributed by atoms with Gasteiger partial charge in [0.2, 0.25) is 5.89 Å². The molecule has 2 N–H and O–H groups in total. The lowest BCUT2D eigenvalue weighted by molar-refractivity contribution is 0.0977. The van der Waals surface area contributed by atoms with Gasteiger partial charge in [-0.2, -0.15) is 0 Å². The van der Waals surface area contributed by atoms with E-state index in [2.05, 4.69) is 37.6 Å². The number of nitrogens with one attached hydrogen (secondary N) is 2. The van der Waals surface area contributed by atoms with Gasteiger partial charge in [-0.15, -0.1) is 0 Å². The minimum absolute atomic E-state index is 0.206. The zero-order chi connectivity index (χ0) is 21.3. The van der Waals surface area contributed by atoms with E-state index >= 15 is 0 Å². The summed E-state index contributed by atoms with van der Waals surface area (Å²) in [5, 5.41) is 5.91. The third-order valence-electron chi connectivity index (χ3n) is 4.43. The van der Waals surface area contributed by atoms with Gasteiger partial charge in [0.25, 0.3) is 5.91 Å². The molecule has 4 rings (SSSR count). The van der Waals surface area contributed by atoms with Gasteiger partial charge in [0.15, 0.2) is 10.7 Å². The minimum Gasteiger partial charge on any atom is -0.436 e. The Kier molecular flexibility index (Phi) is 5.65. The van der Waals surface area contributed by atoms with Crippen molar-refractivity contribution in [1.29, 1.82) is 0 Å². The maximum atomic E-state index is 12.3. The average molecular weight is 480 g/mol. The number of benzene rings is 3. The largest absolute Gasteiger partial charge is 0.436 e. The number of rotatable bonds is 3. The zero-order valence-corrected chi connectivity index (χ0v) is 18.7. The molecule has 0 spiro atoms. The van der Waals surface area contributed by atoms with Crippen LogP contribution in [-0.2, 0) is 0 Å². The van der Waals surface area contributed by atoms with E-state index in [0.29, 0.717) is 28.2 Å². The van der Waals surface area contributed by atoms with E-state index in [4.69, 9.17) is 16.6 Å². The average Bonchev–Trinajstić information content (AvgIpc) is 3.10. The van der Waals surface area contributed by atoms with Crippen LogP contribution in [0.3, 0.4) is 0 Å². The topological polar surface area (TPSA) is 67.2 Å². The molecule has 4 aromatic rings. The minimum atomic E-state index is -0.284. The Morgan fingerprint density at radius 1 is 1.03 bits per heavy atom. The van der Waals surface area contributed by atoms with E-state index in [9.17, 15) is 4.79 Å². The molecule has 0 radical (unpaired) electrons. The first-order chi connectivity index (χ1) is 14.4. The fourth-order valence-electron chi connectivity index (χ4n) is 3.19. The summed E-state index contributed by atoms with van der Waals surface area (Å²) in [6.07, 6.45) is 0. The SMILES string of the molecule is Cc1cc(C)cc(-c2nc3cc(NC(=S)NC(=O)c4cccc(Br)c4)ccc3o2)c1. The fraction of sp³-hybridized carbons (Fsp3) is 0.0870. The molecule has 1 amide bonds. The maximum Gasteiger partial charge on any atom is 0.257 e. The highest BCUT2D eigenvalue weighted by Gasteiger charge is 2.12. The highest BCUT2D eigenvalue weighted by atomic mass is 79.9. The molecule has 0 aliphatic heterocycles. The zero-order valence-electron chi connectivity index (χ0n) is 16.3. The van der Waals surface area contributed by atoms with Crippen LogP contribution in [0.1, 0.15) is 21.5 Å². The monoisotopic (exact) mass is 479 g/mol. The predicted molar refractivity (Wildman–Crippen MR) is 127 cm³/mol. The van der Waals surface area contributed by atoms with Crippen LogP contribution < -0.4 is 10.6 Å². The molecule has 1 aromatic heterocycles. The lowest BCUT2D eigenvalue weighted by atomic mass is 10.1. The number of hydrogen-bond donors (Lipinski definition) is 2. The molecule has 0 aliphatic carbocycles. The second-order valence-electron chi connectivity index (χ2n) is 7.00. The number of thiocarbonyl (C=S) groups is 1. The number of aryl methyl sites for hydroxylation is 2. The fourth-order valence-corrected chi connectivity index (χ4v) is 3.80. The molecule has 0 saturated heterocycles. The third-order valence-corrected chi connectivity index (χ3v) is 5.13. The molecule has 1 heterocycles. The van der Waals surface area contributed by atoms with Gasteiger partial charge in [-0.1, -0.05) is 39.2 Å². The number of carbonyl (C=O) groups is 1. The van der Waals surface area contributed by atoms with Gasteiger partial charge in [0, 0.05) is 21.3 Å². The summed E-state index contributed by atoms with van der Waals surface area (Å²) in [5.74, 6) is 0.285. The van der Waals surface area contributed by atoms with Gasteiger partial charge in [0.1, 0.15) is 5.52 Å². The molecule has 0 aliphatic rings. The molecule has 0 unspecified atom stereocenters. The van der Waals surface area contributed by atoms with Crippen molar-refractivity contribution in [2.45, 2.75) is 13.8 Å². The van der Waals surface area contributed by atoms with Crippen molar-refractivity contribution < 1.29 is 9.21 Å². The lowest BCUT2D eigenvalue weighted by Gasteiger charge is -2.09. The Balaban J connectivity index is 1.51. The number of anilines is 1. The van der Waals surface area contributed by atoms with Gasteiger partial charge in [0.05, 0.1) is 0 Å². The van der Waals surface area contributed by atoms with Gasteiger partial charge >= 0.3 is 0 Å². The highest BCUT2D eigenvalue weighted by Crippen LogP contribution is 2.27. The Labute approximate surface area is 187 Å². The molecule has 150 valence electrons. The molecular weight excluding hydrogens is 462 g/mol. The highest BCUT2D eigenvalue weighted by molar-refractivity contribution is 9.10. The summed E-state index contributed by atoms with van der Waals surface area (Å²) < 4.78 is 6.74. The van der Waals surface area contributed by atoms with Crippen LogP contribution in [0.15, 0.2) is 69.6 Å². The van der Waals surface area contributed by atoms with Gasteiger partial charge in [-0.3, -0.25) is 10.1 Å². The normalized spacial score (nSPS) is 10.8. The summed E-state index contributed by atoms with van der Waals surface area (Å²) in [7, 11) is 0. The molecule has 7 heteroatoms. The van der Waals surface area contributed by atoms with Crippen LogP contribution in [0, 0.1) is 13.8 Å². The van der Waals surface area contributed by atoms with Gasteiger partial charge < -0.3 is 9.73 Å². The Morgan fingerprint density at radius 3 is 2.53 bits per heavy atom. The Morgan fingerprint density at radius 2 is 1.80 bits per heavy atom. The molecule has 3 aromatic carbocycles. The molecular formula is C23H18BrN3O2S. The Hall–Kier alpha value is -3.03. The summed E-state index contributed by atoms with van der Waals surface area (Å²) >= 11 is 8.64. The van der Waals surface area contributed by atoms with E-state index in [0.717, 1.165) is 21.2 Å². The van der Waals surface area contributed by atoms with Crippen molar-refractivity contribution in [2.75, 3.05) is 5.32 Å². The second kappa shape index (κ2) is 8.38. The number of halogens is 1. The predicted octanol–water partition coefficient (Wildman–Crippen LogP) is 6.00. The van der Waals surface area contributed by atoms with E-state index in [1.165, 1.54) is 0 Å². The first kappa shape index (κ1) is 20.3. The summed E-state index contributed by atoms with van der Waals surface area (Å²) in [6, 6.07) is 18.8. The van der Waals surface area contributed by atoms with E-state index in [1.807, 2.05) is 50.2 Å². The number of nitrogens with zero attached hydrogens (tertiary/aromatic N) is 1. The quantitative estimate of drug-likeness (QED) is 0.352. The van der Waals surface area contributed by atoms with Crippen molar-refractivity contribution in [1.82, 2.24) is 10.3 Å². The summed E-state index contributed by atoms with van der Waals surface area (Å²) in [4.78, 5) is 16.9. The standard InChI is InChI=1S/C23H18BrN3O2S/c1-13-8-14(2)10-16(9-13)22-26-19-12-18(6-7-20(19)29-22)25-23(30)27-21(28)15-4-3-5-17(24)11-15/h3-12H,1-2H3,(H2,25,27,28,30). The van der Waals surface area contributed by atoms with Crippen molar-refractivity contribution >= 4 is 56.0 Å². The summed E-state index contributed by atoms with van der Waals surface area (Å²) in [5.41, 5.74) is 5.85. The first-order valence-corrected chi connectivity index (χ1v) is 10.4. The van der Waals surface area contributed by atoms with Crippen molar-refractivity contribution in [3.05, 3.63) is 81.8 Å². The molecule has 0 fully saturated rings. The molecule has 0 saturated carbocycles. The first-order valence-electron chi connectivity index (χ1n) is 9.24. The number of carbonyl (C=O) groups excluding carboxylic acids is 1. The maximum absolute atomic E-state index is 12.3. The molecule has 0 atom stereocenters. The number of aromatic nitrogens is 1. The third kappa shape index (κ3) is 4.58. The van der Waals surface area contributed by atoms with Crippen molar-refractivity contribution in [2.24, 2.45) is 0 Å². The molecule has 0 bridgehead atoms. The molecule has 5 nitrogen and oxygen atoms in total. The van der Waals surface area contributed by atoms with Gasteiger partial charge in [-0.05, 0) is 74.6 Å². The van der Waals surface area contributed by atoms with Crippen LogP contribution in [0.4, 0.5) is 5.69 Å². The van der Waals surface area contributed by atoms with Gasteiger partial charge in [-0.25, -0.2) is 4.98 Å². The smallest absolute Gasteiger partial charge is 0.257 e. The summed E-state index contributed by atoms with van der Waals surface area (Å²) in [6.45, 7) is 4.09. The van der Waals surface area contributed by atoms with Crippen LogP contribution in [0.2, 0.25) is 0 Å².